The van der Waals surface area contributed by atoms with Crippen molar-refractivity contribution in [2.24, 2.45) is 0 Å². The van der Waals surface area contributed by atoms with Gasteiger partial charge < -0.3 is 15.5 Å². The highest BCUT2D eigenvalue weighted by molar-refractivity contribution is 5.97. The number of para-hydroxylation sites is 2. The number of nitrogens with one attached hydrogen (secondary N) is 2. The maximum absolute atomic E-state index is 12.5. The van der Waals surface area contributed by atoms with Gasteiger partial charge in [-0.3, -0.25) is 24.6 Å². The molecule has 2 aromatic rings. The number of piperazine rings is 1. The Kier molecular flexibility index (Phi) is 6.13. The number of nitrogens with zero attached hydrogens (tertiary/aromatic N) is 3. The van der Waals surface area contributed by atoms with Crippen LogP contribution in [0.3, 0.4) is 0 Å². The smallest absolute Gasteiger partial charge is 0.292 e. The molecule has 2 aliphatic rings. The Morgan fingerprint density at radius 1 is 1.03 bits per heavy atom. The molecule has 0 bridgehead atoms. The molecule has 2 fully saturated rings. The van der Waals surface area contributed by atoms with Gasteiger partial charge in [-0.05, 0) is 37.1 Å². The lowest BCUT2D eigenvalue weighted by atomic mass is 10.2. The summed E-state index contributed by atoms with van der Waals surface area (Å²) in [5.74, 6) is -0.274. The lowest BCUT2D eigenvalue weighted by Crippen LogP contribution is -2.48. The number of carbonyl (C=O) groups excluding carboxylic acids is 2. The molecule has 1 heterocycles. The Balaban J connectivity index is 1.29. The highest BCUT2D eigenvalue weighted by atomic mass is 16.6. The average Bonchev–Trinajstić information content (AvgIpc) is 3.58. The molecule has 1 saturated carbocycles. The number of hydrogen-bond acceptors (Lipinski definition) is 6. The van der Waals surface area contributed by atoms with Gasteiger partial charge in [-0.25, -0.2) is 0 Å². The van der Waals surface area contributed by atoms with Gasteiger partial charge >= 0.3 is 0 Å². The highest BCUT2D eigenvalue weighted by Crippen LogP contribution is 2.28. The predicted octanol–water partition coefficient (Wildman–Crippen LogP) is 2.25. The van der Waals surface area contributed by atoms with Crippen LogP contribution in [-0.2, 0) is 4.79 Å². The summed E-state index contributed by atoms with van der Waals surface area (Å²) in [7, 11) is 0. The topological polar surface area (TPSA) is 108 Å². The molecule has 31 heavy (non-hydrogen) atoms. The van der Waals surface area contributed by atoms with Gasteiger partial charge in [-0.15, -0.1) is 0 Å². The second-order valence-electron chi connectivity index (χ2n) is 7.89. The number of amides is 2. The van der Waals surface area contributed by atoms with E-state index in [4.69, 9.17) is 0 Å². The third kappa shape index (κ3) is 5.37. The minimum absolute atomic E-state index is 0.0966. The molecule has 4 rings (SSSR count). The van der Waals surface area contributed by atoms with Crippen LogP contribution in [0.25, 0.3) is 0 Å². The first-order chi connectivity index (χ1) is 15.0. The summed E-state index contributed by atoms with van der Waals surface area (Å²) < 4.78 is 0. The molecule has 0 unspecified atom stereocenters. The Morgan fingerprint density at radius 2 is 1.77 bits per heavy atom. The Labute approximate surface area is 180 Å². The van der Waals surface area contributed by atoms with E-state index in [-0.39, 0.29) is 35.0 Å². The normalized spacial score (nSPS) is 16.6. The van der Waals surface area contributed by atoms with E-state index in [1.54, 1.807) is 42.5 Å². The summed E-state index contributed by atoms with van der Waals surface area (Å²) in [6.07, 6.45) is 2.04. The monoisotopic (exact) mass is 423 g/mol. The van der Waals surface area contributed by atoms with Crippen molar-refractivity contribution >= 4 is 28.9 Å². The van der Waals surface area contributed by atoms with Crippen molar-refractivity contribution in [3.8, 4) is 0 Å². The fraction of sp³-hybridized carbons (Fsp3) is 0.364. The van der Waals surface area contributed by atoms with Crippen molar-refractivity contribution in [2.45, 2.75) is 18.9 Å². The van der Waals surface area contributed by atoms with E-state index in [2.05, 4.69) is 10.6 Å². The summed E-state index contributed by atoms with van der Waals surface area (Å²) >= 11 is 0. The summed E-state index contributed by atoms with van der Waals surface area (Å²) in [5.41, 5.74) is 1.83. The van der Waals surface area contributed by atoms with E-state index < -0.39 is 0 Å². The van der Waals surface area contributed by atoms with Crippen molar-refractivity contribution in [1.82, 2.24) is 10.2 Å². The van der Waals surface area contributed by atoms with Gasteiger partial charge in [0.05, 0.1) is 11.5 Å². The third-order valence-electron chi connectivity index (χ3n) is 5.48. The zero-order chi connectivity index (χ0) is 21.8. The van der Waals surface area contributed by atoms with E-state index in [1.807, 2.05) is 9.80 Å². The molecule has 1 saturated heterocycles. The predicted molar refractivity (Wildman–Crippen MR) is 117 cm³/mol. The lowest BCUT2D eigenvalue weighted by Gasteiger charge is -2.35. The molecule has 1 aliphatic heterocycles. The second-order valence-corrected chi connectivity index (χ2v) is 7.89. The molecule has 9 nitrogen and oxygen atoms in total. The van der Waals surface area contributed by atoms with Crippen LogP contribution >= 0.6 is 0 Å². The third-order valence-corrected chi connectivity index (χ3v) is 5.48. The number of nitro groups is 1. The average molecular weight is 423 g/mol. The van der Waals surface area contributed by atoms with Crippen molar-refractivity contribution < 1.29 is 14.5 Å². The largest absolute Gasteiger partial charge is 0.363 e. The molecule has 2 aromatic carbocycles. The van der Waals surface area contributed by atoms with Crippen LogP contribution in [0, 0.1) is 10.1 Å². The van der Waals surface area contributed by atoms with Crippen LogP contribution in [0.5, 0.6) is 0 Å². The first kappa shape index (κ1) is 20.8. The molecule has 2 N–H and O–H groups in total. The van der Waals surface area contributed by atoms with Crippen LogP contribution < -0.4 is 15.5 Å². The molecule has 0 radical (unpaired) electrons. The maximum Gasteiger partial charge on any atom is 0.292 e. The van der Waals surface area contributed by atoms with Gasteiger partial charge in [0, 0.05) is 49.5 Å². The fourth-order valence-corrected chi connectivity index (χ4v) is 3.67. The van der Waals surface area contributed by atoms with Crippen LogP contribution in [-0.4, -0.2) is 60.4 Å². The number of carbonyl (C=O) groups is 2. The van der Waals surface area contributed by atoms with Gasteiger partial charge in [0.2, 0.25) is 5.91 Å². The quantitative estimate of drug-likeness (QED) is 0.522. The van der Waals surface area contributed by atoms with E-state index in [0.717, 1.165) is 12.8 Å². The van der Waals surface area contributed by atoms with E-state index in [1.165, 1.54) is 6.07 Å². The number of rotatable bonds is 7. The zero-order valence-corrected chi connectivity index (χ0v) is 17.1. The zero-order valence-electron chi connectivity index (χ0n) is 17.1. The standard InChI is InChI=1S/C22H25N5O4/c28-21(23-18-5-3-4-16(14-18)22(29)24-17-8-9-17)15-25-10-12-26(13-11-25)19-6-1-2-7-20(19)27(30)31/h1-7,14,17H,8-13,15H2,(H,23,28)(H,24,29). The van der Waals surface area contributed by atoms with Gasteiger partial charge in [0.15, 0.2) is 0 Å². The van der Waals surface area contributed by atoms with Gasteiger partial charge in [0.25, 0.3) is 11.6 Å². The van der Waals surface area contributed by atoms with Crippen LogP contribution in [0.4, 0.5) is 17.1 Å². The van der Waals surface area contributed by atoms with Gasteiger partial charge in [0.1, 0.15) is 5.69 Å². The molecule has 0 atom stereocenters. The Bertz CT molecular complexity index is 983. The summed E-state index contributed by atoms with van der Waals surface area (Å²) in [6.45, 7) is 2.69. The first-order valence-corrected chi connectivity index (χ1v) is 10.4. The SMILES string of the molecule is O=C(CN1CCN(c2ccccc2[N+](=O)[O-])CC1)Nc1cccc(C(=O)NC2CC2)c1. The minimum atomic E-state index is -0.367. The van der Waals surface area contributed by atoms with Crippen molar-refractivity contribution in [3.63, 3.8) is 0 Å². The van der Waals surface area contributed by atoms with E-state index >= 15 is 0 Å². The summed E-state index contributed by atoms with van der Waals surface area (Å²) in [4.78, 5) is 39.6. The van der Waals surface area contributed by atoms with Gasteiger partial charge in [-0.2, -0.15) is 0 Å². The minimum Gasteiger partial charge on any atom is -0.363 e. The number of anilines is 2. The van der Waals surface area contributed by atoms with E-state index in [0.29, 0.717) is 43.1 Å². The van der Waals surface area contributed by atoms with Crippen molar-refractivity contribution in [2.75, 3.05) is 42.9 Å². The molecular weight excluding hydrogens is 398 g/mol. The molecule has 0 aromatic heterocycles. The Morgan fingerprint density at radius 3 is 2.48 bits per heavy atom. The second kappa shape index (κ2) is 9.13. The number of benzene rings is 2. The highest BCUT2D eigenvalue weighted by Gasteiger charge is 2.25. The first-order valence-electron chi connectivity index (χ1n) is 10.4. The van der Waals surface area contributed by atoms with Crippen molar-refractivity contribution in [1.29, 1.82) is 0 Å². The fourth-order valence-electron chi connectivity index (χ4n) is 3.67. The maximum atomic E-state index is 12.5. The molecule has 0 spiro atoms. The molecular formula is C22H25N5O4. The van der Waals surface area contributed by atoms with Crippen LogP contribution in [0.15, 0.2) is 48.5 Å². The molecule has 9 heteroatoms. The Hall–Kier alpha value is -3.46. The number of hydrogen-bond donors (Lipinski definition) is 2. The summed E-state index contributed by atoms with van der Waals surface area (Å²) in [5, 5.41) is 17.1. The van der Waals surface area contributed by atoms with Gasteiger partial charge in [-0.1, -0.05) is 18.2 Å². The van der Waals surface area contributed by atoms with Crippen molar-refractivity contribution in [3.05, 3.63) is 64.2 Å². The lowest BCUT2D eigenvalue weighted by molar-refractivity contribution is -0.384. The molecule has 162 valence electrons. The molecule has 2 amide bonds. The summed E-state index contributed by atoms with van der Waals surface area (Å²) in [6, 6.07) is 13.9. The van der Waals surface area contributed by atoms with Crippen LogP contribution in [0.2, 0.25) is 0 Å². The molecule has 1 aliphatic carbocycles. The van der Waals surface area contributed by atoms with Crippen LogP contribution in [0.1, 0.15) is 23.2 Å². The van der Waals surface area contributed by atoms with E-state index in [9.17, 15) is 19.7 Å². The number of nitro benzene ring substituents is 1.